The molecule has 6 heteroatoms. The number of thiazole rings is 1. The fourth-order valence-electron chi connectivity index (χ4n) is 2.10. The molecule has 2 aromatic heterocycles. The highest BCUT2D eigenvalue weighted by molar-refractivity contribution is 7.13. The van der Waals surface area contributed by atoms with Crippen LogP contribution in [-0.2, 0) is 6.42 Å². The van der Waals surface area contributed by atoms with Gasteiger partial charge < -0.3 is 5.32 Å². The van der Waals surface area contributed by atoms with Gasteiger partial charge in [0.2, 0.25) is 0 Å². The molecule has 3 aromatic rings. The van der Waals surface area contributed by atoms with Gasteiger partial charge in [0.15, 0.2) is 10.8 Å². The van der Waals surface area contributed by atoms with Gasteiger partial charge in [-0.05, 0) is 12.6 Å². The van der Waals surface area contributed by atoms with Crippen LogP contribution in [-0.4, -0.2) is 27.2 Å². The van der Waals surface area contributed by atoms with Gasteiger partial charge in [-0.3, -0.25) is 5.10 Å². The van der Waals surface area contributed by atoms with E-state index >= 15 is 0 Å². The molecule has 0 radical (unpaired) electrons. The summed E-state index contributed by atoms with van der Waals surface area (Å²) in [5, 5.41) is 13.0. The second-order valence-corrected chi connectivity index (χ2v) is 5.29. The Labute approximate surface area is 121 Å². The molecule has 0 amide bonds. The second kappa shape index (κ2) is 5.94. The third-order valence-electron chi connectivity index (χ3n) is 3.13. The Bertz CT molecular complexity index is 647. The highest BCUT2D eigenvalue weighted by Crippen LogP contribution is 2.23. The van der Waals surface area contributed by atoms with Crippen LogP contribution in [0.2, 0.25) is 0 Å². The van der Waals surface area contributed by atoms with Gasteiger partial charge in [0, 0.05) is 17.8 Å². The third-order valence-corrected chi connectivity index (χ3v) is 4.03. The second-order valence-electron chi connectivity index (χ2n) is 4.43. The van der Waals surface area contributed by atoms with Gasteiger partial charge >= 0.3 is 0 Å². The predicted octanol–water partition coefficient (Wildman–Crippen LogP) is 2.43. The zero-order valence-corrected chi connectivity index (χ0v) is 11.9. The van der Waals surface area contributed by atoms with Crippen LogP contribution in [0.1, 0.15) is 17.3 Å². The molecule has 2 N–H and O–H groups in total. The molecule has 0 bridgehead atoms. The fourth-order valence-corrected chi connectivity index (χ4v) is 2.88. The molecule has 1 unspecified atom stereocenters. The van der Waals surface area contributed by atoms with Crippen LogP contribution in [0, 0.1) is 0 Å². The van der Waals surface area contributed by atoms with Gasteiger partial charge in [-0.1, -0.05) is 30.3 Å². The van der Waals surface area contributed by atoms with Crippen LogP contribution < -0.4 is 5.32 Å². The highest BCUT2D eigenvalue weighted by Gasteiger charge is 2.13. The maximum Gasteiger partial charge on any atom is 0.184 e. The van der Waals surface area contributed by atoms with Crippen LogP contribution in [0.5, 0.6) is 0 Å². The lowest BCUT2D eigenvalue weighted by molar-refractivity contribution is 0.586. The number of aromatic nitrogens is 4. The topological polar surface area (TPSA) is 66.5 Å². The molecule has 3 rings (SSSR count). The maximum atomic E-state index is 4.61. The Balaban J connectivity index is 1.77. The fraction of sp³-hybridized carbons (Fsp3) is 0.214. The van der Waals surface area contributed by atoms with E-state index in [1.54, 1.807) is 11.3 Å². The lowest BCUT2D eigenvalue weighted by Crippen LogP contribution is -2.18. The number of H-pyrrole nitrogens is 1. The van der Waals surface area contributed by atoms with E-state index in [1.807, 2.05) is 13.1 Å². The predicted molar refractivity (Wildman–Crippen MR) is 79.4 cm³/mol. The van der Waals surface area contributed by atoms with Crippen molar-refractivity contribution in [3.05, 3.63) is 53.3 Å². The SMILES string of the molecule is CNC(Cc1csc(-c2ncn[nH]2)n1)c1ccccc1. The lowest BCUT2D eigenvalue weighted by atomic mass is 10.0. The summed E-state index contributed by atoms with van der Waals surface area (Å²) >= 11 is 1.58. The molecule has 0 aliphatic carbocycles. The Morgan fingerprint density at radius 3 is 2.85 bits per heavy atom. The van der Waals surface area contributed by atoms with Gasteiger partial charge in [-0.2, -0.15) is 5.10 Å². The van der Waals surface area contributed by atoms with Gasteiger partial charge in [0.1, 0.15) is 6.33 Å². The first-order valence-electron chi connectivity index (χ1n) is 6.39. The molecule has 20 heavy (non-hydrogen) atoms. The van der Waals surface area contributed by atoms with Crippen molar-refractivity contribution in [2.24, 2.45) is 0 Å². The Morgan fingerprint density at radius 1 is 1.30 bits per heavy atom. The maximum absolute atomic E-state index is 4.61. The van der Waals surface area contributed by atoms with E-state index in [1.165, 1.54) is 11.9 Å². The molecule has 1 atom stereocenters. The quantitative estimate of drug-likeness (QED) is 0.755. The van der Waals surface area contributed by atoms with Crippen molar-refractivity contribution in [1.29, 1.82) is 0 Å². The molecule has 0 saturated heterocycles. The summed E-state index contributed by atoms with van der Waals surface area (Å²) in [6.07, 6.45) is 2.35. The minimum atomic E-state index is 0.265. The van der Waals surface area contributed by atoms with Gasteiger partial charge in [-0.15, -0.1) is 11.3 Å². The molecule has 0 fully saturated rings. The van der Waals surface area contributed by atoms with E-state index in [0.29, 0.717) is 0 Å². The van der Waals surface area contributed by atoms with Gasteiger partial charge in [-0.25, -0.2) is 9.97 Å². The van der Waals surface area contributed by atoms with E-state index < -0.39 is 0 Å². The summed E-state index contributed by atoms with van der Waals surface area (Å²) in [6, 6.07) is 10.7. The Kier molecular flexibility index (Phi) is 3.85. The highest BCUT2D eigenvalue weighted by atomic mass is 32.1. The standard InChI is InChI=1S/C14H15N5S/c1-15-12(10-5-3-2-4-6-10)7-11-8-20-14(18-11)13-16-9-17-19-13/h2-6,8-9,12,15H,7H2,1H3,(H,16,17,19). The summed E-state index contributed by atoms with van der Waals surface area (Å²) in [5.41, 5.74) is 2.33. The summed E-state index contributed by atoms with van der Waals surface area (Å²) in [5.74, 6) is 0.724. The summed E-state index contributed by atoms with van der Waals surface area (Å²) in [4.78, 5) is 8.73. The first-order chi connectivity index (χ1) is 9.86. The van der Waals surface area contributed by atoms with Crippen LogP contribution in [0.25, 0.3) is 10.8 Å². The molecule has 0 saturated carbocycles. The lowest BCUT2D eigenvalue weighted by Gasteiger charge is -2.15. The van der Waals surface area contributed by atoms with Gasteiger partial charge in [0.05, 0.1) is 5.69 Å². The zero-order chi connectivity index (χ0) is 13.8. The number of aromatic amines is 1. The van der Waals surface area contributed by atoms with Crippen LogP contribution >= 0.6 is 11.3 Å². The van der Waals surface area contributed by atoms with E-state index in [0.717, 1.165) is 22.9 Å². The monoisotopic (exact) mass is 285 g/mol. The van der Waals surface area contributed by atoms with Crippen LogP contribution in [0.4, 0.5) is 0 Å². The Morgan fingerprint density at radius 2 is 2.15 bits per heavy atom. The van der Waals surface area contributed by atoms with E-state index in [-0.39, 0.29) is 6.04 Å². The summed E-state index contributed by atoms with van der Waals surface area (Å²) in [7, 11) is 1.97. The van der Waals surface area contributed by atoms with Crippen molar-refractivity contribution < 1.29 is 0 Å². The molecule has 0 spiro atoms. The molecule has 0 aliphatic rings. The molecule has 2 heterocycles. The van der Waals surface area contributed by atoms with Crippen molar-refractivity contribution in [3.8, 4) is 10.8 Å². The average Bonchev–Trinajstić information content (AvgIpc) is 3.16. The molecule has 5 nitrogen and oxygen atoms in total. The number of rotatable bonds is 5. The first kappa shape index (κ1) is 13.0. The number of benzene rings is 1. The molecule has 1 aromatic carbocycles. The number of likely N-dealkylation sites (N-methyl/N-ethyl adjacent to an activating group) is 1. The Hall–Kier alpha value is -2.05. The normalized spacial score (nSPS) is 12.4. The van der Waals surface area contributed by atoms with Gasteiger partial charge in [0.25, 0.3) is 0 Å². The molecular formula is C14H15N5S. The third kappa shape index (κ3) is 2.76. The summed E-state index contributed by atoms with van der Waals surface area (Å²) in [6.45, 7) is 0. The number of hydrogen-bond donors (Lipinski definition) is 2. The van der Waals surface area contributed by atoms with Crippen molar-refractivity contribution in [1.82, 2.24) is 25.5 Å². The van der Waals surface area contributed by atoms with Crippen molar-refractivity contribution >= 4 is 11.3 Å². The first-order valence-corrected chi connectivity index (χ1v) is 7.27. The number of nitrogens with zero attached hydrogens (tertiary/aromatic N) is 3. The van der Waals surface area contributed by atoms with Crippen molar-refractivity contribution in [2.75, 3.05) is 7.05 Å². The van der Waals surface area contributed by atoms with E-state index in [2.05, 4.69) is 55.1 Å². The number of nitrogens with one attached hydrogen (secondary N) is 2. The minimum absolute atomic E-state index is 0.265. The largest absolute Gasteiger partial charge is 0.313 e. The van der Waals surface area contributed by atoms with E-state index in [4.69, 9.17) is 0 Å². The molecular weight excluding hydrogens is 270 g/mol. The zero-order valence-electron chi connectivity index (χ0n) is 11.1. The average molecular weight is 285 g/mol. The molecule has 102 valence electrons. The summed E-state index contributed by atoms with van der Waals surface area (Å²) < 4.78 is 0. The number of hydrogen-bond acceptors (Lipinski definition) is 5. The molecule has 0 aliphatic heterocycles. The van der Waals surface area contributed by atoms with E-state index in [9.17, 15) is 0 Å². The van der Waals surface area contributed by atoms with Crippen molar-refractivity contribution in [2.45, 2.75) is 12.5 Å². The van der Waals surface area contributed by atoms with Crippen LogP contribution in [0.15, 0.2) is 42.0 Å². The smallest absolute Gasteiger partial charge is 0.184 e. The minimum Gasteiger partial charge on any atom is -0.313 e. The van der Waals surface area contributed by atoms with Crippen molar-refractivity contribution in [3.63, 3.8) is 0 Å². The van der Waals surface area contributed by atoms with Crippen LogP contribution in [0.3, 0.4) is 0 Å².